The first kappa shape index (κ1) is 15.6. The van der Waals surface area contributed by atoms with Gasteiger partial charge in [-0.25, -0.2) is 4.98 Å². The summed E-state index contributed by atoms with van der Waals surface area (Å²) < 4.78 is 5.40. The molecule has 0 amide bonds. The second kappa shape index (κ2) is 7.82. The van der Waals surface area contributed by atoms with Gasteiger partial charge < -0.3 is 14.5 Å². The number of ether oxygens (including phenoxy) is 1. The van der Waals surface area contributed by atoms with Gasteiger partial charge in [-0.3, -0.25) is 0 Å². The molecule has 2 aliphatic heterocycles. The molecular formula is C16H22N4OS. The van der Waals surface area contributed by atoms with Crippen LogP contribution in [0.5, 0.6) is 0 Å². The van der Waals surface area contributed by atoms with Crippen molar-refractivity contribution in [3.8, 4) is 6.07 Å². The zero-order valence-electron chi connectivity index (χ0n) is 12.8. The van der Waals surface area contributed by atoms with Crippen LogP contribution < -0.4 is 4.90 Å². The summed E-state index contributed by atoms with van der Waals surface area (Å²) in [6, 6.07) is 4.31. The lowest BCUT2D eigenvalue weighted by atomic mass is 10.2. The number of likely N-dealkylation sites (tertiary alicyclic amines) is 1. The quantitative estimate of drug-likeness (QED) is 0.774. The van der Waals surface area contributed by atoms with Crippen molar-refractivity contribution in [1.82, 2.24) is 9.88 Å². The fraction of sp³-hybridized carbons (Fsp3) is 0.625. The summed E-state index contributed by atoms with van der Waals surface area (Å²) in [5.74, 6) is 0.994. The molecule has 0 unspecified atom stereocenters. The normalized spacial score (nSPS) is 19.3. The van der Waals surface area contributed by atoms with Crippen LogP contribution in [0, 0.1) is 11.3 Å². The van der Waals surface area contributed by atoms with Crippen LogP contribution in [0.15, 0.2) is 17.3 Å². The van der Waals surface area contributed by atoms with E-state index >= 15 is 0 Å². The monoisotopic (exact) mass is 318 g/mol. The van der Waals surface area contributed by atoms with Gasteiger partial charge in [0.1, 0.15) is 16.7 Å². The maximum Gasteiger partial charge on any atom is 0.116 e. The zero-order chi connectivity index (χ0) is 15.2. The van der Waals surface area contributed by atoms with Crippen LogP contribution in [-0.2, 0) is 4.74 Å². The summed E-state index contributed by atoms with van der Waals surface area (Å²) in [7, 11) is 0. The molecule has 2 aliphatic rings. The fourth-order valence-electron chi connectivity index (χ4n) is 2.99. The van der Waals surface area contributed by atoms with Crippen LogP contribution in [-0.4, -0.2) is 61.6 Å². The Balaban J connectivity index is 1.66. The molecule has 5 nitrogen and oxygen atoms in total. The van der Waals surface area contributed by atoms with Crippen molar-refractivity contribution in [3.05, 3.63) is 17.8 Å². The van der Waals surface area contributed by atoms with Crippen LogP contribution in [0.2, 0.25) is 0 Å². The van der Waals surface area contributed by atoms with Gasteiger partial charge in [-0.1, -0.05) is 0 Å². The molecule has 6 heteroatoms. The van der Waals surface area contributed by atoms with Crippen LogP contribution in [0.1, 0.15) is 18.4 Å². The minimum atomic E-state index is 0.718. The first-order valence-electron chi connectivity index (χ1n) is 7.95. The van der Waals surface area contributed by atoms with Crippen molar-refractivity contribution in [2.75, 3.05) is 56.6 Å². The highest BCUT2D eigenvalue weighted by atomic mass is 32.2. The SMILES string of the molecule is N#Cc1c(N2CCOCC2)ccnc1SCCN1CCCC1. The van der Waals surface area contributed by atoms with E-state index in [2.05, 4.69) is 20.9 Å². The number of hydrogen-bond acceptors (Lipinski definition) is 6. The number of rotatable bonds is 5. The van der Waals surface area contributed by atoms with E-state index < -0.39 is 0 Å². The molecule has 3 rings (SSSR count). The number of pyridine rings is 1. The summed E-state index contributed by atoms with van der Waals surface area (Å²) in [4.78, 5) is 9.15. The molecule has 1 aromatic rings. The predicted octanol–water partition coefficient (Wildman–Crippen LogP) is 1.98. The van der Waals surface area contributed by atoms with Gasteiger partial charge in [0, 0.05) is 31.6 Å². The van der Waals surface area contributed by atoms with Crippen molar-refractivity contribution in [2.45, 2.75) is 17.9 Å². The molecule has 0 radical (unpaired) electrons. The number of morpholine rings is 1. The number of hydrogen-bond donors (Lipinski definition) is 0. The Morgan fingerprint density at radius 3 is 2.73 bits per heavy atom. The highest BCUT2D eigenvalue weighted by molar-refractivity contribution is 7.99. The zero-order valence-corrected chi connectivity index (χ0v) is 13.6. The average Bonchev–Trinajstić information content (AvgIpc) is 3.09. The standard InChI is InChI=1S/C16H22N4OS/c17-13-14-15(20-7-10-21-11-8-20)3-4-18-16(14)22-12-9-19-5-1-2-6-19/h3-4H,1-2,5-12H2. The number of thioether (sulfide) groups is 1. The molecule has 2 saturated heterocycles. The van der Waals surface area contributed by atoms with Crippen LogP contribution in [0.3, 0.4) is 0 Å². The predicted molar refractivity (Wildman–Crippen MR) is 88.4 cm³/mol. The van der Waals surface area contributed by atoms with E-state index in [9.17, 15) is 5.26 Å². The topological polar surface area (TPSA) is 52.4 Å². The molecule has 0 spiro atoms. The van der Waals surface area contributed by atoms with E-state index in [1.807, 2.05) is 12.3 Å². The summed E-state index contributed by atoms with van der Waals surface area (Å²) in [6.07, 6.45) is 4.46. The highest BCUT2D eigenvalue weighted by Crippen LogP contribution is 2.29. The Kier molecular flexibility index (Phi) is 5.54. The summed E-state index contributed by atoms with van der Waals surface area (Å²) in [5.41, 5.74) is 1.72. The van der Waals surface area contributed by atoms with E-state index in [4.69, 9.17) is 4.74 Å². The first-order valence-corrected chi connectivity index (χ1v) is 8.94. The van der Waals surface area contributed by atoms with Crippen molar-refractivity contribution in [3.63, 3.8) is 0 Å². The molecule has 2 fully saturated rings. The lowest BCUT2D eigenvalue weighted by molar-refractivity contribution is 0.122. The molecular weight excluding hydrogens is 296 g/mol. The van der Waals surface area contributed by atoms with Crippen LogP contribution >= 0.6 is 11.8 Å². The summed E-state index contributed by atoms with van der Waals surface area (Å²) in [5, 5.41) is 10.4. The maximum atomic E-state index is 9.57. The first-order chi connectivity index (χ1) is 10.9. The fourth-order valence-corrected chi connectivity index (χ4v) is 3.97. The Bertz CT molecular complexity index is 533. The molecule has 0 saturated carbocycles. The lowest BCUT2D eigenvalue weighted by Gasteiger charge is -2.29. The number of anilines is 1. The molecule has 0 bridgehead atoms. The number of nitriles is 1. The largest absolute Gasteiger partial charge is 0.378 e. The molecule has 3 heterocycles. The highest BCUT2D eigenvalue weighted by Gasteiger charge is 2.18. The summed E-state index contributed by atoms with van der Waals surface area (Å²) in [6.45, 7) is 6.65. The third-order valence-electron chi connectivity index (χ3n) is 4.20. The van der Waals surface area contributed by atoms with Crippen LogP contribution in [0.25, 0.3) is 0 Å². The van der Waals surface area contributed by atoms with Gasteiger partial charge in [-0.05, 0) is 32.0 Å². The Morgan fingerprint density at radius 2 is 2.00 bits per heavy atom. The lowest BCUT2D eigenvalue weighted by Crippen LogP contribution is -2.36. The van der Waals surface area contributed by atoms with E-state index in [-0.39, 0.29) is 0 Å². The molecule has 0 aliphatic carbocycles. The van der Waals surface area contributed by atoms with Gasteiger partial charge in [-0.15, -0.1) is 11.8 Å². The van der Waals surface area contributed by atoms with Gasteiger partial charge in [0.25, 0.3) is 0 Å². The molecule has 22 heavy (non-hydrogen) atoms. The number of nitrogens with zero attached hydrogens (tertiary/aromatic N) is 4. The van der Waals surface area contributed by atoms with Crippen molar-refractivity contribution < 1.29 is 4.74 Å². The average molecular weight is 318 g/mol. The third kappa shape index (κ3) is 3.72. The van der Waals surface area contributed by atoms with Gasteiger partial charge >= 0.3 is 0 Å². The molecule has 0 aromatic carbocycles. The minimum absolute atomic E-state index is 0.718. The molecule has 1 aromatic heterocycles. The van der Waals surface area contributed by atoms with E-state index in [0.29, 0.717) is 0 Å². The number of aromatic nitrogens is 1. The molecule has 0 N–H and O–H groups in total. The molecule has 0 atom stereocenters. The van der Waals surface area contributed by atoms with Crippen molar-refractivity contribution in [2.24, 2.45) is 0 Å². The third-order valence-corrected chi connectivity index (χ3v) is 5.17. The minimum Gasteiger partial charge on any atom is -0.378 e. The Morgan fingerprint density at radius 1 is 1.23 bits per heavy atom. The smallest absolute Gasteiger partial charge is 0.116 e. The van der Waals surface area contributed by atoms with E-state index in [0.717, 1.165) is 54.9 Å². The van der Waals surface area contributed by atoms with Gasteiger partial charge in [0.05, 0.1) is 18.9 Å². The van der Waals surface area contributed by atoms with E-state index in [1.165, 1.54) is 25.9 Å². The Labute approximate surface area is 136 Å². The van der Waals surface area contributed by atoms with Crippen molar-refractivity contribution >= 4 is 17.4 Å². The second-order valence-electron chi connectivity index (χ2n) is 5.62. The van der Waals surface area contributed by atoms with E-state index in [1.54, 1.807) is 11.8 Å². The molecule has 118 valence electrons. The maximum absolute atomic E-state index is 9.57. The van der Waals surface area contributed by atoms with Gasteiger partial charge in [0.15, 0.2) is 0 Å². The summed E-state index contributed by atoms with van der Waals surface area (Å²) >= 11 is 1.70. The second-order valence-corrected chi connectivity index (χ2v) is 6.70. The Hall–Kier alpha value is -1.29. The van der Waals surface area contributed by atoms with Gasteiger partial charge in [0.2, 0.25) is 0 Å². The van der Waals surface area contributed by atoms with Crippen LogP contribution in [0.4, 0.5) is 5.69 Å². The van der Waals surface area contributed by atoms with Gasteiger partial charge in [-0.2, -0.15) is 5.26 Å². The van der Waals surface area contributed by atoms with Crippen molar-refractivity contribution in [1.29, 1.82) is 5.26 Å².